The Morgan fingerprint density at radius 1 is 1.29 bits per heavy atom. The van der Waals surface area contributed by atoms with Gasteiger partial charge in [-0.2, -0.15) is 0 Å². The molecule has 6 nitrogen and oxygen atoms in total. The van der Waals surface area contributed by atoms with E-state index in [0.717, 1.165) is 18.4 Å². The second kappa shape index (κ2) is 6.55. The van der Waals surface area contributed by atoms with E-state index in [2.05, 4.69) is 4.72 Å². The van der Waals surface area contributed by atoms with Gasteiger partial charge in [0, 0.05) is 19.1 Å². The van der Waals surface area contributed by atoms with E-state index in [1.54, 1.807) is 17.0 Å². The summed E-state index contributed by atoms with van der Waals surface area (Å²) in [4.78, 5) is 13.7. The molecule has 0 aliphatic carbocycles. The molecule has 7 heteroatoms. The van der Waals surface area contributed by atoms with Crippen LogP contribution < -0.4 is 10.5 Å². The average molecular weight is 311 g/mol. The van der Waals surface area contributed by atoms with E-state index >= 15 is 0 Å². The molecule has 1 heterocycles. The summed E-state index contributed by atoms with van der Waals surface area (Å²) in [6, 6.07) is 6.22. The van der Waals surface area contributed by atoms with Gasteiger partial charge in [-0.15, -0.1) is 0 Å². The van der Waals surface area contributed by atoms with Crippen molar-refractivity contribution in [1.29, 1.82) is 0 Å². The zero-order chi connectivity index (χ0) is 15.5. The van der Waals surface area contributed by atoms with Gasteiger partial charge in [-0.05, 0) is 37.5 Å². The number of amides is 1. The van der Waals surface area contributed by atoms with Crippen LogP contribution in [-0.4, -0.2) is 38.9 Å². The van der Waals surface area contributed by atoms with Gasteiger partial charge in [0.1, 0.15) is 0 Å². The molecule has 3 N–H and O–H groups in total. The Balaban J connectivity index is 1.99. The topological polar surface area (TPSA) is 92.5 Å². The Labute approximate surface area is 125 Å². The maximum absolute atomic E-state index is 12.1. The zero-order valence-corrected chi connectivity index (χ0v) is 12.9. The summed E-state index contributed by atoms with van der Waals surface area (Å²) in [5, 5.41) is 0. The van der Waals surface area contributed by atoms with Gasteiger partial charge in [0.2, 0.25) is 15.9 Å². The van der Waals surface area contributed by atoms with Gasteiger partial charge in [-0.3, -0.25) is 4.79 Å². The monoisotopic (exact) mass is 311 g/mol. The lowest BCUT2D eigenvalue weighted by molar-refractivity contribution is -0.128. The summed E-state index contributed by atoms with van der Waals surface area (Å²) in [6.45, 7) is 3.06. The third-order valence-electron chi connectivity index (χ3n) is 3.59. The van der Waals surface area contributed by atoms with Crippen molar-refractivity contribution in [3.8, 4) is 0 Å². The molecule has 2 rings (SSSR count). The van der Waals surface area contributed by atoms with Gasteiger partial charge in [-0.25, -0.2) is 13.1 Å². The summed E-state index contributed by atoms with van der Waals surface area (Å²) < 4.78 is 26.6. The smallest absolute Gasteiger partial charge is 0.241 e. The summed E-state index contributed by atoms with van der Waals surface area (Å²) in [6.07, 6.45) is 1.97. The van der Waals surface area contributed by atoms with E-state index in [-0.39, 0.29) is 23.4 Å². The first kappa shape index (κ1) is 15.9. The van der Waals surface area contributed by atoms with Crippen LogP contribution in [0.2, 0.25) is 0 Å². The Bertz CT molecular complexity index is 590. The number of nitrogens with one attached hydrogen (secondary N) is 1. The summed E-state index contributed by atoms with van der Waals surface area (Å²) in [7, 11) is -3.67. The highest BCUT2D eigenvalue weighted by Crippen LogP contribution is 2.14. The van der Waals surface area contributed by atoms with E-state index in [0.29, 0.717) is 13.1 Å². The van der Waals surface area contributed by atoms with Crippen molar-refractivity contribution in [3.63, 3.8) is 0 Å². The number of carbonyl (C=O) groups excluding carboxylic acids is 1. The maximum atomic E-state index is 12.1. The molecule has 1 atom stereocenters. The van der Waals surface area contributed by atoms with Gasteiger partial charge in [0.15, 0.2) is 0 Å². The highest BCUT2D eigenvalue weighted by Gasteiger charge is 2.21. The largest absolute Gasteiger partial charge is 0.342 e. The molecule has 1 aliphatic heterocycles. The number of rotatable bonds is 5. The first-order valence-corrected chi connectivity index (χ1v) is 8.51. The summed E-state index contributed by atoms with van der Waals surface area (Å²) in [5.74, 6) is -0.178. The van der Waals surface area contributed by atoms with E-state index in [9.17, 15) is 13.2 Å². The van der Waals surface area contributed by atoms with Gasteiger partial charge in [-0.1, -0.05) is 12.1 Å². The number of sulfonamides is 1. The zero-order valence-electron chi connectivity index (χ0n) is 12.1. The first-order chi connectivity index (χ1) is 9.90. The molecule has 116 valence electrons. The summed E-state index contributed by atoms with van der Waals surface area (Å²) in [5.41, 5.74) is 6.59. The van der Waals surface area contributed by atoms with Crippen molar-refractivity contribution in [2.24, 2.45) is 5.73 Å². The highest BCUT2D eigenvalue weighted by atomic mass is 32.2. The summed E-state index contributed by atoms with van der Waals surface area (Å²) >= 11 is 0. The minimum Gasteiger partial charge on any atom is -0.342 e. The molecule has 0 saturated carbocycles. The standard InChI is InChI=1S/C14H21N3O3S/c1-11(15)12-4-6-13(7-5-12)21(19,20)16-10-14(18)17-8-2-3-9-17/h4-7,11,16H,2-3,8-10,15H2,1H3. The normalized spacial score (nSPS) is 17.0. The molecule has 0 spiro atoms. The predicted octanol–water partition coefficient (Wildman–Crippen LogP) is 0.607. The minimum atomic E-state index is -3.67. The first-order valence-electron chi connectivity index (χ1n) is 7.03. The molecule has 1 fully saturated rings. The Morgan fingerprint density at radius 3 is 2.38 bits per heavy atom. The maximum Gasteiger partial charge on any atom is 0.241 e. The average Bonchev–Trinajstić information content (AvgIpc) is 2.99. The van der Waals surface area contributed by atoms with Crippen molar-refractivity contribution in [2.75, 3.05) is 19.6 Å². The Kier molecular flexibility index (Phi) is 4.97. The molecule has 1 unspecified atom stereocenters. The third-order valence-corrected chi connectivity index (χ3v) is 5.01. The number of nitrogens with two attached hydrogens (primary N) is 1. The van der Waals surface area contributed by atoms with Crippen LogP contribution in [0.5, 0.6) is 0 Å². The van der Waals surface area contributed by atoms with Crippen molar-refractivity contribution in [3.05, 3.63) is 29.8 Å². The van der Waals surface area contributed by atoms with E-state index < -0.39 is 10.0 Å². The number of hydrogen-bond acceptors (Lipinski definition) is 4. The van der Waals surface area contributed by atoms with E-state index in [1.807, 2.05) is 6.92 Å². The van der Waals surface area contributed by atoms with Crippen molar-refractivity contribution < 1.29 is 13.2 Å². The number of hydrogen-bond donors (Lipinski definition) is 2. The SMILES string of the molecule is CC(N)c1ccc(S(=O)(=O)NCC(=O)N2CCCC2)cc1. The fourth-order valence-electron chi connectivity index (χ4n) is 2.27. The van der Waals surface area contributed by atoms with Crippen LogP contribution >= 0.6 is 0 Å². The molecule has 0 radical (unpaired) electrons. The van der Waals surface area contributed by atoms with Crippen molar-refractivity contribution in [2.45, 2.75) is 30.7 Å². The molecule has 1 saturated heterocycles. The predicted molar refractivity (Wildman–Crippen MR) is 80.0 cm³/mol. The molecule has 1 aromatic rings. The van der Waals surface area contributed by atoms with E-state index in [1.165, 1.54) is 12.1 Å². The molecule has 1 aliphatic rings. The lowest BCUT2D eigenvalue weighted by Gasteiger charge is -2.15. The number of nitrogens with zero attached hydrogens (tertiary/aromatic N) is 1. The minimum absolute atomic E-state index is 0.140. The van der Waals surface area contributed by atoms with Crippen molar-refractivity contribution in [1.82, 2.24) is 9.62 Å². The van der Waals surface area contributed by atoms with Crippen LogP contribution in [0, 0.1) is 0 Å². The van der Waals surface area contributed by atoms with E-state index in [4.69, 9.17) is 5.73 Å². The van der Waals surface area contributed by atoms with Crippen LogP contribution in [0.1, 0.15) is 31.4 Å². The molecular formula is C14H21N3O3S. The highest BCUT2D eigenvalue weighted by molar-refractivity contribution is 7.89. The van der Waals surface area contributed by atoms with Gasteiger partial charge in [0.25, 0.3) is 0 Å². The molecular weight excluding hydrogens is 290 g/mol. The van der Waals surface area contributed by atoms with Gasteiger partial charge >= 0.3 is 0 Å². The van der Waals surface area contributed by atoms with Crippen LogP contribution in [0.25, 0.3) is 0 Å². The van der Waals surface area contributed by atoms with Gasteiger partial charge < -0.3 is 10.6 Å². The number of benzene rings is 1. The van der Waals surface area contributed by atoms with Crippen molar-refractivity contribution >= 4 is 15.9 Å². The fraction of sp³-hybridized carbons (Fsp3) is 0.500. The number of carbonyl (C=O) groups is 1. The second-order valence-corrected chi connectivity index (χ2v) is 7.04. The van der Waals surface area contributed by atoms with Gasteiger partial charge in [0.05, 0.1) is 11.4 Å². The van der Waals surface area contributed by atoms with Crippen LogP contribution in [0.4, 0.5) is 0 Å². The number of likely N-dealkylation sites (tertiary alicyclic amines) is 1. The second-order valence-electron chi connectivity index (χ2n) is 5.27. The molecule has 0 bridgehead atoms. The molecule has 0 aromatic heterocycles. The fourth-order valence-corrected chi connectivity index (χ4v) is 3.24. The Hall–Kier alpha value is -1.44. The Morgan fingerprint density at radius 2 is 1.86 bits per heavy atom. The molecule has 1 amide bonds. The van der Waals surface area contributed by atoms with Crippen LogP contribution in [0.3, 0.4) is 0 Å². The van der Waals surface area contributed by atoms with Crippen LogP contribution in [0.15, 0.2) is 29.2 Å². The quantitative estimate of drug-likeness (QED) is 0.833. The third kappa shape index (κ3) is 4.03. The molecule has 1 aromatic carbocycles. The molecule has 21 heavy (non-hydrogen) atoms. The lowest BCUT2D eigenvalue weighted by atomic mass is 10.1. The van der Waals surface area contributed by atoms with Crippen LogP contribution in [-0.2, 0) is 14.8 Å². The lowest BCUT2D eigenvalue weighted by Crippen LogP contribution is -2.38.